The zero-order valence-corrected chi connectivity index (χ0v) is 16.5. The van der Waals surface area contributed by atoms with Crippen LogP contribution in [0.1, 0.15) is 28.9 Å². The summed E-state index contributed by atoms with van der Waals surface area (Å²) in [6, 6.07) is 5.60. The third kappa shape index (κ3) is 4.72. The smallest absolute Gasteiger partial charge is 0.355 e. The summed E-state index contributed by atoms with van der Waals surface area (Å²) in [6.07, 6.45) is 1.29. The number of anilines is 1. The van der Waals surface area contributed by atoms with Gasteiger partial charge in [0.2, 0.25) is 5.91 Å². The van der Waals surface area contributed by atoms with Gasteiger partial charge >= 0.3 is 5.97 Å². The summed E-state index contributed by atoms with van der Waals surface area (Å²) >= 11 is 2.76. The number of amides is 1. The van der Waals surface area contributed by atoms with E-state index >= 15 is 0 Å². The van der Waals surface area contributed by atoms with Crippen molar-refractivity contribution in [2.24, 2.45) is 0 Å². The van der Waals surface area contributed by atoms with E-state index in [-0.39, 0.29) is 17.6 Å². The average molecular weight is 408 g/mol. The van der Waals surface area contributed by atoms with Crippen LogP contribution in [0.3, 0.4) is 0 Å². The molecular weight excluding hydrogens is 386 g/mol. The molecule has 27 heavy (non-hydrogen) atoms. The first kappa shape index (κ1) is 19.5. The number of ether oxygens (including phenoxy) is 1. The lowest BCUT2D eigenvalue weighted by Gasteiger charge is -2.25. The third-order valence-corrected chi connectivity index (χ3v) is 6.47. The maximum atomic E-state index is 12.2. The molecule has 0 bridgehead atoms. The van der Waals surface area contributed by atoms with E-state index in [1.807, 2.05) is 30.0 Å². The second-order valence-electron chi connectivity index (χ2n) is 6.21. The minimum absolute atomic E-state index is 0.0322. The molecule has 2 aromatic rings. The van der Waals surface area contributed by atoms with Crippen molar-refractivity contribution in [3.8, 4) is 5.75 Å². The standard InChI is InChI=1S/C18H21N3O4S2/c1-11-13(19)3-2-4-15(11)25-9-12-5-6-16(22)21(12)7-8-26-18-20-14(10-27-18)17(23)24/h2-4,10,12H,5-9,19H2,1H3,(H,23,24)/t12-/m1/s1. The Morgan fingerprint density at radius 2 is 2.33 bits per heavy atom. The number of likely N-dealkylation sites (tertiary alicyclic amines) is 1. The predicted molar refractivity (Wildman–Crippen MR) is 106 cm³/mol. The number of rotatable bonds is 8. The van der Waals surface area contributed by atoms with Gasteiger partial charge in [0.1, 0.15) is 12.4 Å². The van der Waals surface area contributed by atoms with Crippen LogP contribution in [0.5, 0.6) is 5.75 Å². The summed E-state index contributed by atoms with van der Waals surface area (Å²) < 4.78 is 6.61. The summed E-state index contributed by atoms with van der Waals surface area (Å²) in [6.45, 7) is 2.93. The molecule has 1 fully saturated rings. The highest BCUT2D eigenvalue weighted by Gasteiger charge is 2.31. The largest absolute Gasteiger partial charge is 0.491 e. The molecule has 3 N–H and O–H groups in total. The predicted octanol–water partition coefficient (Wildman–Crippen LogP) is 2.89. The Hall–Kier alpha value is -2.26. The second-order valence-corrected chi connectivity index (χ2v) is 8.41. The topological polar surface area (TPSA) is 106 Å². The molecule has 2 heterocycles. The second kappa shape index (κ2) is 8.62. The highest BCUT2D eigenvalue weighted by atomic mass is 32.2. The Labute approximate surface area is 165 Å². The van der Waals surface area contributed by atoms with Crippen molar-refractivity contribution in [1.82, 2.24) is 9.88 Å². The fourth-order valence-electron chi connectivity index (χ4n) is 2.90. The van der Waals surface area contributed by atoms with Crippen LogP contribution in [0.25, 0.3) is 0 Å². The number of aromatic carboxylic acids is 1. The van der Waals surface area contributed by atoms with Gasteiger partial charge < -0.3 is 20.5 Å². The first-order valence-electron chi connectivity index (χ1n) is 8.54. The molecule has 9 heteroatoms. The molecule has 0 saturated carbocycles. The van der Waals surface area contributed by atoms with Gasteiger partial charge in [-0.25, -0.2) is 9.78 Å². The maximum Gasteiger partial charge on any atom is 0.355 e. The fourth-order valence-corrected chi connectivity index (χ4v) is 4.71. The van der Waals surface area contributed by atoms with Gasteiger partial charge in [0.25, 0.3) is 0 Å². The van der Waals surface area contributed by atoms with Crippen molar-refractivity contribution in [3.05, 3.63) is 34.8 Å². The lowest BCUT2D eigenvalue weighted by atomic mass is 10.2. The van der Waals surface area contributed by atoms with Crippen molar-refractivity contribution in [2.75, 3.05) is 24.6 Å². The average Bonchev–Trinajstić information content (AvgIpc) is 3.24. The van der Waals surface area contributed by atoms with Gasteiger partial charge in [-0.2, -0.15) is 0 Å². The number of carboxylic acid groups (broad SMARTS) is 1. The van der Waals surface area contributed by atoms with Crippen LogP contribution in [0.2, 0.25) is 0 Å². The van der Waals surface area contributed by atoms with Crippen LogP contribution in [0.15, 0.2) is 27.9 Å². The van der Waals surface area contributed by atoms with Gasteiger partial charge in [0.15, 0.2) is 10.0 Å². The monoisotopic (exact) mass is 407 g/mol. The molecule has 1 aliphatic heterocycles. The number of thiazole rings is 1. The summed E-state index contributed by atoms with van der Waals surface area (Å²) in [5, 5.41) is 10.4. The van der Waals surface area contributed by atoms with Crippen molar-refractivity contribution < 1.29 is 19.4 Å². The number of aromatic nitrogens is 1. The zero-order valence-electron chi connectivity index (χ0n) is 14.9. The van der Waals surface area contributed by atoms with Crippen LogP contribution in [-0.4, -0.2) is 51.8 Å². The van der Waals surface area contributed by atoms with Crippen LogP contribution >= 0.6 is 23.1 Å². The molecule has 0 radical (unpaired) electrons. The molecule has 0 aliphatic carbocycles. The Morgan fingerprint density at radius 1 is 1.52 bits per heavy atom. The van der Waals surface area contributed by atoms with E-state index in [0.717, 1.165) is 17.7 Å². The molecule has 1 saturated heterocycles. The van der Waals surface area contributed by atoms with E-state index < -0.39 is 5.97 Å². The van der Waals surface area contributed by atoms with Gasteiger partial charge in [-0.3, -0.25) is 4.79 Å². The first-order valence-corrected chi connectivity index (χ1v) is 10.4. The number of hydrogen-bond acceptors (Lipinski definition) is 7. The lowest BCUT2D eigenvalue weighted by Crippen LogP contribution is -2.38. The Kier molecular flexibility index (Phi) is 6.22. The van der Waals surface area contributed by atoms with Crippen LogP contribution in [0, 0.1) is 6.92 Å². The number of hydrogen-bond donors (Lipinski definition) is 2. The highest BCUT2D eigenvalue weighted by molar-refractivity contribution is 8.01. The summed E-state index contributed by atoms with van der Waals surface area (Å²) in [4.78, 5) is 29.0. The normalized spacial score (nSPS) is 16.7. The third-order valence-electron chi connectivity index (χ3n) is 4.47. The van der Waals surface area contributed by atoms with Crippen molar-refractivity contribution in [3.63, 3.8) is 0 Å². The van der Waals surface area contributed by atoms with E-state index in [2.05, 4.69) is 4.98 Å². The fraction of sp³-hybridized carbons (Fsp3) is 0.389. The van der Waals surface area contributed by atoms with E-state index in [0.29, 0.717) is 35.4 Å². The minimum Gasteiger partial charge on any atom is -0.491 e. The molecule has 1 atom stereocenters. The van der Waals surface area contributed by atoms with E-state index in [1.165, 1.54) is 28.5 Å². The number of nitrogen functional groups attached to an aromatic ring is 1. The number of carbonyl (C=O) groups excluding carboxylic acids is 1. The number of thioether (sulfide) groups is 1. The lowest BCUT2D eigenvalue weighted by molar-refractivity contribution is -0.129. The number of benzene rings is 1. The Balaban J connectivity index is 1.52. The molecule has 0 unspecified atom stereocenters. The Bertz CT molecular complexity index is 840. The van der Waals surface area contributed by atoms with Crippen LogP contribution < -0.4 is 10.5 Å². The van der Waals surface area contributed by atoms with Crippen molar-refractivity contribution in [1.29, 1.82) is 0 Å². The first-order chi connectivity index (χ1) is 13.0. The Morgan fingerprint density at radius 3 is 3.07 bits per heavy atom. The summed E-state index contributed by atoms with van der Waals surface area (Å²) in [5.74, 6) is 0.500. The molecule has 1 aromatic carbocycles. The maximum absolute atomic E-state index is 12.2. The van der Waals surface area contributed by atoms with Gasteiger partial charge in [-0.05, 0) is 25.5 Å². The van der Waals surface area contributed by atoms with E-state index in [1.54, 1.807) is 0 Å². The van der Waals surface area contributed by atoms with E-state index in [4.69, 9.17) is 15.6 Å². The molecule has 0 spiro atoms. The molecule has 144 valence electrons. The van der Waals surface area contributed by atoms with Gasteiger partial charge in [-0.1, -0.05) is 17.8 Å². The minimum atomic E-state index is -1.03. The van der Waals surface area contributed by atoms with Crippen molar-refractivity contribution in [2.45, 2.75) is 30.1 Å². The molecule has 7 nitrogen and oxygen atoms in total. The number of carboxylic acids is 1. The summed E-state index contributed by atoms with van der Waals surface area (Å²) in [7, 11) is 0. The molecule has 1 amide bonds. The van der Waals surface area contributed by atoms with Crippen LogP contribution in [-0.2, 0) is 4.79 Å². The van der Waals surface area contributed by atoms with Gasteiger partial charge in [-0.15, -0.1) is 11.3 Å². The zero-order chi connectivity index (χ0) is 19.4. The summed E-state index contributed by atoms with van der Waals surface area (Å²) in [5.41, 5.74) is 7.56. The quantitative estimate of drug-likeness (QED) is 0.512. The van der Waals surface area contributed by atoms with Crippen molar-refractivity contribution >= 4 is 40.7 Å². The number of nitrogens with two attached hydrogens (primary N) is 1. The highest BCUT2D eigenvalue weighted by Crippen LogP contribution is 2.27. The number of nitrogens with zero attached hydrogens (tertiary/aromatic N) is 2. The van der Waals surface area contributed by atoms with E-state index in [9.17, 15) is 9.59 Å². The SMILES string of the molecule is Cc1c(N)cccc1OC[C@H]1CCC(=O)N1CCSc1nc(C(=O)O)cs1. The van der Waals surface area contributed by atoms with Gasteiger partial charge in [0, 0.05) is 35.3 Å². The molecule has 3 rings (SSSR count). The van der Waals surface area contributed by atoms with Gasteiger partial charge in [0.05, 0.1) is 6.04 Å². The molecule has 1 aromatic heterocycles. The number of carbonyl (C=O) groups is 2. The van der Waals surface area contributed by atoms with Crippen LogP contribution in [0.4, 0.5) is 5.69 Å². The molecular formula is C18H21N3O4S2. The molecule has 1 aliphatic rings.